The second-order valence-corrected chi connectivity index (χ2v) is 8.30. The molecule has 3 aliphatic heterocycles. The molecule has 3 amide bonds. The van der Waals surface area contributed by atoms with E-state index in [-0.39, 0.29) is 12.6 Å². The molecule has 0 radical (unpaired) electrons. The molecule has 1 aromatic heterocycles. The molecule has 2 N–H and O–H groups in total. The number of rotatable bonds is 5. The molecule has 2 fully saturated rings. The number of nitrogens with zero attached hydrogens (tertiary/aromatic N) is 3. The fraction of sp³-hybridized carbons (Fsp3) is 0.538. The quantitative estimate of drug-likeness (QED) is 0.505. The molecule has 2 saturated heterocycles. The number of carbonyl (C=O) groups is 2. The minimum absolute atomic E-state index is 0.0579. The highest BCUT2D eigenvalue weighted by atomic mass is 32.3. The van der Waals surface area contributed by atoms with Crippen LogP contribution in [-0.4, -0.2) is 72.6 Å². The lowest BCUT2D eigenvalue weighted by atomic mass is 9.99. The molecule has 1 aromatic rings. The summed E-state index contributed by atoms with van der Waals surface area (Å²) >= 11 is 1.27. The zero-order chi connectivity index (χ0) is 18.6. The van der Waals surface area contributed by atoms with Gasteiger partial charge in [0.1, 0.15) is 18.2 Å². The number of likely N-dealkylation sites (tertiary alicyclic amines) is 1. The van der Waals surface area contributed by atoms with Gasteiger partial charge < -0.3 is 9.80 Å². The number of hydroxylamine groups is 3. The van der Waals surface area contributed by atoms with Crippen molar-refractivity contribution in [2.24, 2.45) is 0 Å². The highest BCUT2D eigenvalue weighted by Gasteiger charge is 2.53. The molecule has 4 heterocycles. The van der Waals surface area contributed by atoms with Crippen LogP contribution in [-0.2, 0) is 24.3 Å². The summed E-state index contributed by atoms with van der Waals surface area (Å²) in [5.74, 6) is -0.524. The first-order valence-corrected chi connectivity index (χ1v) is 9.97. The van der Waals surface area contributed by atoms with Gasteiger partial charge >= 0.3 is 16.4 Å². The van der Waals surface area contributed by atoms with E-state index in [2.05, 4.69) is 9.76 Å². The fourth-order valence-electron chi connectivity index (χ4n) is 3.37. The summed E-state index contributed by atoms with van der Waals surface area (Å²) in [6.07, 6.45) is -0.114. The summed E-state index contributed by atoms with van der Waals surface area (Å²) in [4.78, 5) is 34.3. The molecule has 2 bridgehead atoms. The summed E-state index contributed by atoms with van der Waals surface area (Å²) in [6.45, 7) is 1.44. The molecule has 11 nitrogen and oxygen atoms in total. The van der Waals surface area contributed by atoms with E-state index in [4.69, 9.17) is 9.39 Å². The summed E-state index contributed by atoms with van der Waals surface area (Å²) in [5, 5.41) is 2.32. The van der Waals surface area contributed by atoms with Crippen LogP contribution >= 0.6 is 11.3 Å². The van der Waals surface area contributed by atoms with Gasteiger partial charge in [-0.25, -0.2) is 10.3 Å². The second kappa shape index (κ2) is 6.14. The van der Waals surface area contributed by atoms with Crippen molar-refractivity contribution in [3.05, 3.63) is 21.9 Å². The van der Waals surface area contributed by atoms with Crippen LogP contribution in [0.4, 0.5) is 4.79 Å². The lowest BCUT2D eigenvalue weighted by Gasteiger charge is -2.36. The van der Waals surface area contributed by atoms with Gasteiger partial charge in [-0.05, 0) is 24.1 Å². The third-order valence-electron chi connectivity index (χ3n) is 4.51. The highest BCUT2D eigenvalue weighted by Crippen LogP contribution is 2.46. The third kappa shape index (κ3) is 2.95. The molecule has 26 heavy (non-hydrogen) atoms. The maximum absolute atomic E-state index is 12.6. The molecule has 4 rings (SSSR count). The molecule has 13 heteroatoms. The molecule has 0 aromatic carbocycles. The van der Waals surface area contributed by atoms with Gasteiger partial charge in [-0.1, -0.05) is 0 Å². The smallest absolute Gasteiger partial charge is 0.303 e. The van der Waals surface area contributed by atoms with Crippen molar-refractivity contribution in [3.8, 4) is 0 Å². The first-order chi connectivity index (χ1) is 12.2. The predicted octanol–water partition coefficient (Wildman–Crippen LogP) is -0.322. The van der Waals surface area contributed by atoms with Gasteiger partial charge in [-0.15, -0.1) is 15.6 Å². The first kappa shape index (κ1) is 17.6. The topological polar surface area (TPSA) is 129 Å². The Morgan fingerprint density at radius 3 is 2.77 bits per heavy atom. The maximum Gasteiger partial charge on any atom is 0.418 e. The van der Waals surface area contributed by atoms with Crippen molar-refractivity contribution in [1.29, 1.82) is 0 Å². The molecule has 0 saturated carbocycles. The van der Waals surface area contributed by atoms with E-state index in [1.54, 1.807) is 11.4 Å². The summed E-state index contributed by atoms with van der Waals surface area (Å²) < 4.78 is 35.4. The van der Waals surface area contributed by atoms with E-state index in [9.17, 15) is 18.0 Å². The minimum Gasteiger partial charge on any atom is -0.303 e. The van der Waals surface area contributed by atoms with E-state index in [1.165, 1.54) is 16.2 Å². The SMILES string of the molecule is CN1CC(ONC(=O)[C@@H]2c3sccc3[C@@H]3CN2C(=O)N3OS(=O)(=O)O)C1. The van der Waals surface area contributed by atoms with Crippen molar-refractivity contribution < 1.29 is 31.7 Å². The average molecular weight is 404 g/mol. The Bertz CT molecular complexity index is 850. The number of thiophene rings is 1. The standard InChI is InChI=1S/C13H16N4O7S2/c1-15-4-7(5-15)23-14-12(18)10-11-8(2-3-25-11)9-6-16(10)13(19)17(9)24-26(20,21)22/h2-3,7,9-10H,4-6H2,1H3,(H,14,18)(H,20,21,22)/t9-,10-/m0/s1. The second-order valence-electron chi connectivity index (χ2n) is 6.35. The number of urea groups is 1. The normalized spacial score (nSPS) is 26.0. The summed E-state index contributed by atoms with van der Waals surface area (Å²) in [5.41, 5.74) is 2.99. The van der Waals surface area contributed by atoms with Gasteiger partial charge in [0, 0.05) is 18.0 Å². The largest absolute Gasteiger partial charge is 0.418 e. The van der Waals surface area contributed by atoms with Gasteiger partial charge in [0.2, 0.25) is 0 Å². The Hall–Kier alpha value is -1.77. The van der Waals surface area contributed by atoms with Crippen molar-refractivity contribution in [2.45, 2.75) is 18.2 Å². The molecular formula is C13H16N4O7S2. The number of carbonyl (C=O) groups excluding carboxylic acids is 2. The fourth-order valence-corrected chi connectivity index (χ4v) is 4.80. The van der Waals surface area contributed by atoms with Crippen LogP contribution in [0.15, 0.2) is 11.4 Å². The Labute approximate surface area is 152 Å². The van der Waals surface area contributed by atoms with Crippen molar-refractivity contribution in [2.75, 3.05) is 26.7 Å². The monoisotopic (exact) mass is 404 g/mol. The predicted molar refractivity (Wildman–Crippen MR) is 86.9 cm³/mol. The van der Waals surface area contributed by atoms with Gasteiger partial charge in [0.15, 0.2) is 0 Å². The van der Waals surface area contributed by atoms with E-state index in [0.29, 0.717) is 28.6 Å². The zero-order valence-corrected chi connectivity index (χ0v) is 15.2. The Morgan fingerprint density at radius 1 is 1.38 bits per heavy atom. The van der Waals surface area contributed by atoms with Gasteiger partial charge in [-0.3, -0.25) is 14.2 Å². The highest BCUT2D eigenvalue weighted by molar-refractivity contribution is 7.80. The molecule has 2 atom stereocenters. The van der Waals surface area contributed by atoms with Crippen LogP contribution in [0.25, 0.3) is 0 Å². The van der Waals surface area contributed by atoms with Crippen LogP contribution in [0.5, 0.6) is 0 Å². The Balaban J connectivity index is 1.56. The van der Waals surface area contributed by atoms with E-state index >= 15 is 0 Å². The lowest BCUT2D eigenvalue weighted by molar-refractivity contribution is -0.152. The number of nitrogens with one attached hydrogen (secondary N) is 1. The molecule has 0 aliphatic carbocycles. The lowest BCUT2D eigenvalue weighted by Crippen LogP contribution is -2.53. The Morgan fingerprint density at radius 2 is 2.12 bits per heavy atom. The Kier molecular flexibility index (Phi) is 4.17. The number of hydrogen-bond acceptors (Lipinski definition) is 8. The maximum atomic E-state index is 12.6. The van der Waals surface area contributed by atoms with Gasteiger partial charge in [-0.2, -0.15) is 13.5 Å². The van der Waals surface area contributed by atoms with Crippen LogP contribution in [0.3, 0.4) is 0 Å². The molecule has 0 spiro atoms. The van der Waals surface area contributed by atoms with Gasteiger partial charge in [0.25, 0.3) is 5.91 Å². The summed E-state index contributed by atoms with van der Waals surface area (Å²) in [7, 11) is -2.95. The first-order valence-electron chi connectivity index (χ1n) is 7.73. The molecule has 0 unspecified atom stereocenters. The number of hydrogen-bond donors (Lipinski definition) is 2. The van der Waals surface area contributed by atoms with E-state index in [0.717, 1.165) is 0 Å². The average Bonchev–Trinajstić information content (AvgIpc) is 3.10. The van der Waals surface area contributed by atoms with E-state index in [1.807, 2.05) is 11.9 Å². The van der Waals surface area contributed by atoms with E-state index < -0.39 is 34.4 Å². The number of likely N-dealkylation sites (N-methyl/N-ethyl adjacent to an activating group) is 1. The minimum atomic E-state index is -4.87. The van der Waals surface area contributed by atoms with Crippen LogP contribution < -0.4 is 5.48 Å². The van der Waals surface area contributed by atoms with Crippen molar-refractivity contribution in [3.63, 3.8) is 0 Å². The van der Waals surface area contributed by atoms with Crippen molar-refractivity contribution in [1.82, 2.24) is 20.3 Å². The molecular weight excluding hydrogens is 388 g/mol. The van der Waals surface area contributed by atoms with Crippen LogP contribution in [0.2, 0.25) is 0 Å². The summed E-state index contributed by atoms with van der Waals surface area (Å²) in [6, 6.07) is -0.805. The third-order valence-corrected chi connectivity index (χ3v) is 5.85. The van der Waals surface area contributed by atoms with Gasteiger partial charge in [0.05, 0.1) is 6.54 Å². The number of amides is 3. The van der Waals surface area contributed by atoms with Crippen LogP contribution in [0.1, 0.15) is 22.5 Å². The van der Waals surface area contributed by atoms with Crippen LogP contribution in [0, 0.1) is 0 Å². The number of fused-ring (bicyclic) bond motifs is 4. The molecule has 3 aliphatic rings. The zero-order valence-electron chi connectivity index (χ0n) is 13.6. The molecule has 142 valence electrons. The van der Waals surface area contributed by atoms with Crippen molar-refractivity contribution >= 4 is 33.7 Å².